The van der Waals surface area contributed by atoms with Crippen LogP contribution in [0.2, 0.25) is 0 Å². The average molecular weight is 387 g/mol. The Morgan fingerprint density at radius 3 is 2.22 bits per heavy atom. The van der Waals surface area contributed by atoms with Crippen molar-refractivity contribution in [2.45, 2.75) is 51.2 Å². The van der Waals surface area contributed by atoms with Gasteiger partial charge in [0.25, 0.3) is 0 Å². The highest BCUT2D eigenvalue weighted by atomic mass is 19.4. The molecule has 0 unspecified atom stereocenters. The molecule has 0 aliphatic heterocycles. The number of ether oxygens (including phenoxy) is 2. The summed E-state index contributed by atoms with van der Waals surface area (Å²) < 4.78 is 51.3. The van der Waals surface area contributed by atoms with Crippen LogP contribution in [-0.2, 0) is 20.9 Å². The Balaban J connectivity index is 2.96. The van der Waals surface area contributed by atoms with Gasteiger partial charge in [0.1, 0.15) is 5.60 Å². The number of alkyl carbamates (subject to hydrolysis) is 1. The predicted molar refractivity (Wildman–Crippen MR) is 94.1 cm³/mol. The number of carbonyl (C=O) groups excluding carboxylic acids is 2. The van der Waals surface area contributed by atoms with E-state index in [4.69, 9.17) is 9.47 Å². The van der Waals surface area contributed by atoms with E-state index in [0.29, 0.717) is 5.56 Å². The van der Waals surface area contributed by atoms with Gasteiger partial charge in [0.15, 0.2) is 5.78 Å². The van der Waals surface area contributed by atoms with Crippen LogP contribution in [0.15, 0.2) is 43.0 Å². The fraction of sp³-hybridized carbons (Fsp3) is 0.474. The molecular formula is C19H24F3NO4. The molecule has 8 heteroatoms. The average Bonchev–Trinajstić information content (AvgIpc) is 2.54. The van der Waals surface area contributed by atoms with E-state index in [-0.39, 0.29) is 0 Å². The third-order valence-electron chi connectivity index (χ3n) is 3.46. The summed E-state index contributed by atoms with van der Waals surface area (Å²) in [5, 5.41) is 2.05. The molecule has 1 amide bonds. The fourth-order valence-corrected chi connectivity index (χ4v) is 2.20. The van der Waals surface area contributed by atoms with Crippen molar-refractivity contribution in [3.63, 3.8) is 0 Å². The molecule has 1 atom stereocenters. The van der Waals surface area contributed by atoms with Gasteiger partial charge in [0.05, 0.1) is 13.2 Å². The first kappa shape index (κ1) is 22.7. The highest BCUT2D eigenvalue weighted by Crippen LogP contribution is 2.38. The van der Waals surface area contributed by atoms with Gasteiger partial charge in [-0.3, -0.25) is 4.79 Å². The molecule has 0 saturated heterocycles. The summed E-state index contributed by atoms with van der Waals surface area (Å²) in [6.07, 6.45) is -5.81. The Bertz CT molecular complexity index is 653. The number of ketones is 1. The molecule has 0 aliphatic carbocycles. The number of hydrogen-bond donors (Lipinski definition) is 1. The molecule has 0 aliphatic rings. The molecule has 0 heterocycles. The lowest BCUT2D eigenvalue weighted by molar-refractivity contribution is -0.268. The van der Waals surface area contributed by atoms with E-state index in [1.165, 1.54) is 0 Å². The van der Waals surface area contributed by atoms with Gasteiger partial charge >= 0.3 is 12.3 Å². The smallest absolute Gasteiger partial charge is 0.425 e. The first-order chi connectivity index (χ1) is 12.4. The number of Topliss-reactive ketones (excluding diaryl/α,β-unsaturated/α-hetero) is 1. The van der Waals surface area contributed by atoms with Crippen molar-refractivity contribution in [1.82, 2.24) is 5.32 Å². The van der Waals surface area contributed by atoms with Crippen LogP contribution >= 0.6 is 0 Å². The monoisotopic (exact) mass is 387 g/mol. The molecule has 1 aromatic rings. The molecule has 0 fully saturated rings. The van der Waals surface area contributed by atoms with E-state index >= 15 is 0 Å². The first-order valence-corrected chi connectivity index (χ1v) is 8.27. The van der Waals surface area contributed by atoms with Crippen LogP contribution in [0.3, 0.4) is 0 Å². The maximum Gasteiger partial charge on any atom is 0.425 e. The molecule has 5 nitrogen and oxygen atoms in total. The number of nitrogens with one attached hydrogen (secondary N) is 1. The first-order valence-electron chi connectivity index (χ1n) is 8.27. The van der Waals surface area contributed by atoms with Crippen LogP contribution in [0.4, 0.5) is 18.0 Å². The summed E-state index contributed by atoms with van der Waals surface area (Å²) in [6.45, 7) is 6.76. The van der Waals surface area contributed by atoms with Gasteiger partial charge < -0.3 is 14.8 Å². The van der Waals surface area contributed by atoms with Gasteiger partial charge in [-0.15, -0.1) is 6.58 Å². The van der Waals surface area contributed by atoms with Gasteiger partial charge in [-0.2, -0.15) is 13.2 Å². The van der Waals surface area contributed by atoms with Gasteiger partial charge in [-0.25, -0.2) is 4.79 Å². The second-order valence-electron chi connectivity index (χ2n) is 6.87. The molecule has 27 heavy (non-hydrogen) atoms. The number of benzene rings is 1. The number of halogens is 3. The molecule has 0 saturated carbocycles. The largest absolute Gasteiger partial charge is 0.444 e. The molecule has 1 N–H and O–H groups in total. The van der Waals surface area contributed by atoms with Crippen LogP contribution in [0, 0.1) is 0 Å². The van der Waals surface area contributed by atoms with E-state index in [2.05, 4.69) is 6.58 Å². The Labute approximate surface area is 156 Å². The lowest BCUT2D eigenvalue weighted by Crippen LogP contribution is -2.57. The third kappa shape index (κ3) is 6.71. The predicted octanol–water partition coefficient (Wildman–Crippen LogP) is 4.17. The number of amides is 1. The quantitative estimate of drug-likeness (QED) is 0.680. The Morgan fingerprint density at radius 1 is 1.15 bits per heavy atom. The second-order valence-corrected chi connectivity index (χ2v) is 6.87. The highest BCUT2D eigenvalue weighted by molar-refractivity contribution is 5.92. The van der Waals surface area contributed by atoms with Crippen molar-refractivity contribution in [2.75, 3.05) is 6.54 Å². The summed E-state index contributed by atoms with van der Waals surface area (Å²) in [5.41, 5.74) is -3.48. The summed E-state index contributed by atoms with van der Waals surface area (Å²) in [7, 11) is 0. The number of carbonyl (C=O) groups is 2. The third-order valence-corrected chi connectivity index (χ3v) is 3.46. The summed E-state index contributed by atoms with van der Waals surface area (Å²) in [5.74, 6) is -1.34. The maximum atomic E-state index is 13.8. The van der Waals surface area contributed by atoms with E-state index in [0.717, 1.165) is 6.08 Å². The van der Waals surface area contributed by atoms with Crippen molar-refractivity contribution >= 4 is 11.9 Å². The van der Waals surface area contributed by atoms with Crippen LogP contribution in [0.1, 0.15) is 32.8 Å². The number of hydrogen-bond acceptors (Lipinski definition) is 4. The van der Waals surface area contributed by atoms with Crippen molar-refractivity contribution in [3.05, 3.63) is 48.6 Å². The van der Waals surface area contributed by atoms with E-state index in [1.807, 2.05) is 5.32 Å². The van der Waals surface area contributed by atoms with Crippen molar-refractivity contribution < 1.29 is 32.2 Å². The Morgan fingerprint density at radius 2 is 1.74 bits per heavy atom. The Kier molecular flexibility index (Phi) is 7.59. The standard InChI is InChI=1S/C19H24F3NO4/c1-5-11-18(19(20,21)22,26-13-14-9-7-6-8-10-14)15(24)12-23-16(25)27-17(2,3)4/h5-10H,1,11-13H2,2-4H3,(H,23,25)/t18-/m1/s1. The minimum absolute atomic E-state index is 0.424. The highest BCUT2D eigenvalue weighted by Gasteiger charge is 2.60. The van der Waals surface area contributed by atoms with Crippen LogP contribution < -0.4 is 5.32 Å². The van der Waals surface area contributed by atoms with Gasteiger partial charge in [0.2, 0.25) is 5.60 Å². The minimum atomic E-state index is -5.00. The van der Waals surface area contributed by atoms with E-state index in [9.17, 15) is 22.8 Å². The van der Waals surface area contributed by atoms with E-state index < -0.39 is 48.8 Å². The van der Waals surface area contributed by atoms with E-state index in [1.54, 1.807) is 51.1 Å². The minimum Gasteiger partial charge on any atom is -0.444 e. The zero-order chi connectivity index (χ0) is 20.7. The summed E-state index contributed by atoms with van der Waals surface area (Å²) in [6, 6.07) is 8.16. The molecule has 1 aromatic carbocycles. The molecule has 0 bridgehead atoms. The van der Waals surface area contributed by atoms with Crippen LogP contribution in [-0.4, -0.2) is 35.8 Å². The second kappa shape index (κ2) is 9.03. The normalized spacial score (nSPS) is 14.1. The lowest BCUT2D eigenvalue weighted by atomic mass is 9.92. The SMILES string of the molecule is C=CC[C@@](OCc1ccccc1)(C(=O)CNC(=O)OC(C)(C)C)C(F)(F)F. The molecule has 0 radical (unpaired) electrons. The lowest BCUT2D eigenvalue weighted by Gasteiger charge is -2.33. The summed E-state index contributed by atoms with van der Waals surface area (Å²) in [4.78, 5) is 24.1. The zero-order valence-electron chi connectivity index (χ0n) is 15.6. The summed E-state index contributed by atoms with van der Waals surface area (Å²) >= 11 is 0. The van der Waals surface area contributed by atoms with Crippen molar-refractivity contribution in [2.24, 2.45) is 0 Å². The maximum absolute atomic E-state index is 13.8. The van der Waals surface area contributed by atoms with Crippen molar-refractivity contribution in [1.29, 1.82) is 0 Å². The molecule has 1 rings (SSSR count). The van der Waals surface area contributed by atoms with Gasteiger partial charge in [0, 0.05) is 6.42 Å². The topological polar surface area (TPSA) is 64.6 Å². The number of alkyl halides is 3. The molecular weight excluding hydrogens is 363 g/mol. The molecule has 0 spiro atoms. The molecule has 150 valence electrons. The van der Waals surface area contributed by atoms with Crippen molar-refractivity contribution in [3.8, 4) is 0 Å². The molecule has 0 aromatic heterocycles. The van der Waals surface area contributed by atoms with Crippen LogP contribution in [0.5, 0.6) is 0 Å². The fourth-order valence-electron chi connectivity index (χ4n) is 2.20. The van der Waals surface area contributed by atoms with Gasteiger partial charge in [-0.05, 0) is 26.3 Å². The van der Waals surface area contributed by atoms with Gasteiger partial charge in [-0.1, -0.05) is 36.4 Å². The van der Waals surface area contributed by atoms with Crippen LogP contribution in [0.25, 0.3) is 0 Å². The Hall–Kier alpha value is -2.35. The number of rotatable bonds is 8. The zero-order valence-corrected chi connectivity index (χ0v) is 15.6.